The van der Waals surface area contributed by atoms with Gasteiger partial charge in [-0.15, -0.1) is 10.2 Å². The van der Waals surface area contributed by atoms with Gasteiger partial charge in [-0.1, -0.05) is 6.07 Å². The fraction of sp³-hybridized carbons (Fsp3) is 0. The Balaban J connectivity index is 2.06. The Morgan fingerprint density at radius 1 is 1.18 bits per heavy atom. The molecule has 0 aliphatic heterocycles. The number of anilines is 1. The predicted molar refractivity (Wildman–Crippen MR) is 67.3 cm³/mol. The number of nitrogens with two attached hydrogens (primary N) is 1. The summed E-state index contributed by atoms with van der Waals surface area (Å²) >= 11 is 1.66. The standard InChI is InChI=1S/C11H9N5S/c12-10-5-7(8-3-4-17-6-8)1-2-9(10)11-13-15-16-14-11/h1-6H,12H2,(H,13,14,15,16). The van der Waals surface area contributed by atoms with Crippen molar-refractivity contribution in [2.45, 2.75) is 0 Å². The van der Waals surface area contributed by atoms with Crippen LogP contribution in [0.25, 0.3) is 22.5 Å². The van der Waals surface area contributed by atoms with Crippen LogP contribution in [0.5, 0.6) is 0 Å². The number of hydrogen-bond acceptors (Lipinski definition) is 5. The molecule has 2 heterocycles. The first-order valence-corrected chi connectivity index (χ1v) is 5.95. The molecule has 0 atom stereocenters. The first-order chi connectivity index (χ1) is 8.34. The van der Waals surface area contributed by atoms with E-state index in [1.807, 2.05) is 23.6 Å². The lowest BCUT2D eigenvalue weighted by molar-refractivity contribution is 0.881. The van der Waals surface area contributed by atoms with Crippen molar-refractivity contribution >= 4 is 17.0 Å². The quantitative estimate of drug-likeness (QED) is 0.676. The number of nitrogens with zero attached hydrogens (tertiary/aromatic N) is 3. The summed E-state index contributed by atoms with van der Waals surface area (Å²) in [5.74, 6) is 0.513. The van der Waals surface area contributed by atoms with E-state index >= 15 is 0 Å². The molecule has 84 valence electrons. The number of nitrogens with one attached hydrogen (secondary N) is 1. The Morgan fingerprint density at radius 3 is 2.76 bits per heavy atom. The van der Waals surface area contributed by atoms with Crippen molar-refractivity contribution in [3.8, 4) is 22.5 Å². The first kappa shape index (κ1) is 9.98. The molecule has 0 aliphatic carbocycles. The Bertz CT molecular complexity index is 615. The highest BCUT2D eigenvalue weighted by molar-refractivity contribution is 7.08. The van der Waals surface area contributed by atoms with Crippen molar-refractivity contribution in [3.05, 3.63) is 35.0 Å². The van der Waals surface area contributed by atoms with Crippen molar-refractivity contribution in [2.24, 2.45) is 0 Å². The lowest BCUT2D eigenvalue weighted by Crippen LogP contribution is -1.92. The zero-order chi connectivity index (χ0) is 11.7. The van der Waals surface area contributed by atoms with Gasteiger partial charge in [0.05, 0.1) is 0 Å². The number of thiophene rings is 1. The van der Waals surface area contributed by atoms with Gasteiger partial charge in [0, 0.05) is 11.3 Å². The SMILES string of the molecule is Nc1cc(-c2ccsc2)ccc1-c1nn[nH]n1. The van der Waals surface area contributed by atoms with Gasteiger partial charge in [-0.3, -0.25) is 0 Å². The molecule has 3 N–H and O–H groups in total. The highest BCUT2D eigenvalue weighted by Gasteiger charge is 2.08. The van der Waals surface area contributed by atoms with Gasteiger partial charge in [0.2, 0.25) is 5.82 Å². The Hall–Kier alpha value is -2.21. The molecule has 3 aromatic rings. The number of nitrogen functional groups attached to an aromatic ring is 1. The van der Waals surface area contributed by atoms with Crippen molar-refractivity contribution in [2.75, 3.05) is 5.73 Å². The molecular weight excluding hydrogens is 234 g/mol. The Kier molecular flexibility index (Phi) is 2.34. The summed E-state index contributed by atoms with van der Waals surface area (Å²) in [5.41, 5.74) is 9.70. The second kappa shape index (κ2) is 3.99. The van der Waals surface area contributed by atoms with Crippen LogP contribution in [0.1, 0.15) is 0 Å². The average molecular weight is 243 g/mol. The summed E-state index contributed by atoms with van der Waals surface area (Å²) in [6, 6.07) is 7.90. The normalized spacial score (nSPS) is 10.6. The maximum atomic E-state index is 6.00. The van der Waals surface area contributed by atoms with Crippen molar-refractivity contribution < 1.29 is 0 Å². The molecule has 5 nitrogen and oxygen atoms in total. The monoisotopic (exact) mass is 243 g/mol. The molecule has 2 aromatic heterocycles. The first-order valence-electron chi connectivity index (χ1n) is 5.00. The van der Waals surface area contributed by atoms with Crippen LogP contribution in [0.2, 0.25) is 0 Å². The van der Waals surface area contributed by atoms with Crippen LogP contribution in [0.3, 0.4) is 0 Å². The zero-order valence-electron chi connectivity index (χ0n) is 8.79. The van der Waals surface area contributed by atoms with Crippen molar-refractivity contribution in [3.63, 3.8) is 0 Å². The maximum Gasteiger partial charge on any atom is 0.206 e. The fourth-order valence-corrected chi connectivity index (χ4v) is 2.32. The fourth-order valence-electron chi connectivity index (χ4n) is 1.65. The number of aromatic nitrogens is 4. The predicted octanol–water partition coefficient (Wildman–Crippen LogP) is 2.18. The number of tetrazole rings is 1. The van der Waals surface area contributed by atoms with E-state index in [-0.39, 0.29) is 0 Å². The van der Waals surface area contributed by atoms with E-state index in [0.717, 1.165) is 11.1 Å². The maximum absolute atomic E-state index is 6.00. The van der Waals surface area contributed by atoms with E-state index in [4.69, 9.17) is 5.73 Å². The molecule has 1 aromatic carbocycles. The summed E-state index contributed by atoms with van der Waals surface area (Å²) in [4.78, 5) is 0. The molecule has 0 spiro atoms. The summed E-state index contributed by atoms with van der Waals surface area (Å²) in [6.07, 6.45) is 0. The molecular formula is C11H9N5S. The second-order valence-corrected chi connectivity index (χ2v) is 4.33. The summed E-state index contributed by atoms with van der Waals surface area (Å²) in [5, 5.41) is 17.9. The van der Waals surface area contributed by atoms with Crippen molar-refractivity contribution in [1.29, 1.82) is 0 Å². The minimum atomic E-state index is 0.513. The Morgan fingerprint density at radius 2 is 2.12 bits per heavy atom. The molecule has 0 amide bonds. The van der Waals surface area contributed by atoms with Gasteiger partial charge in [-0.2, -0.15) is 16.6 Å². The zero-order valence-corrected chi connectivity index (χ0v) is 9.61. The minimum Gasteiger partial charge on any atom is -0.398 e. The van der Waals surface area contributed by atoms with E-state index in [1.54, 1.807) is 11.3 Å². The van der Waals surface area contributed by atoms with Crippen LogP contribution >= 0.6 is 11.3 Å². The molecule has 0 saturated heterocycles. The van der Waals surface area contributed by atoms with Crippen LogP contribution < -0.4 is 5.73 Å². The summed E-state index contributed by atoms with van der Waals surface area (Å²) in [7, 11) is 0. The summed E-state index contributed by atoms with van der Waals surface area (Å²) in [6.45, 7) is 0. The molecule has 0 radical (unpaired) electrons. The molecule has 0 aliphatic rings. The highest BCUT2D eigenvalue weighted by atomic mass is 32.1. The topological polar surface area (TPSA) is 80.5 Å². The van der Waals surface area contributed by atoms with Crippen molar-refractivity contribution in [1.82, 2.24) is 20.6 Å². The molecule has 0 fully saturated rings. The van der Waals surface area contributed by atoms with Crippen LogP contribution in [-0.4, -0.2) is 20.6 Å². The van der Waals surface area contributed by atoms with Gasteiger partial charge in [-0.25, -0.2) is 0 Å². The molecule has 6 heteroatoms. The minimum absolute atomic E-state index is 0.513. The second-order valence-electron chi connectivity index (χ2n) is 3.55. The third-order valence-electron chi connectivity index (χ3n) is 2.49. The lowest BCUT2D eigenvalue weighted by atomic mass is 10.0. The van der Waals surface area contributed by atoms with Crippen LogP contribution in [0.4, 0.5) is 5.69 Å². The van der Waals surface area contributed by atoms with Gasteiger partial charge in [0.1, 0.15) is 0 Å². The van der Waals surface area contributed by atoms with E-state index < -0.39 is 0 Å². The third-order valence-corrected chi connectivity index (χ3v) is 3.18. The third kappa shape index (κ3) is 1.78. The summed E-state index contributed by atoms with van der Waals surface area (Å²) < 4.78 is 0. The number of hydrogen-bond donors (Lipinski definition) is 2. The van der Waals surface area contributed by atoms with Gasteiger partial charge in [-0.05, 0) is 45.3 Å². The molecule has 0 saturated carbocycles. The van der Waals surface area contributed by atoms with E-state index in [0.29, 0.717) is 11.5 Å². The number of aromatic amines is 1. The largest absolute Gasteiger partial charge is 0.398 e. The number of benzene rings is 1. The average Bonchev–Trinajstić information content (AvgIpc) is 3.02. The Labute approximate surface area is 101 Å². The lowest BCUT2D eigenvalue weighted by Gasteiger charge is -2.04. The molecule has 0 bridgehead atoms. The van der Waals surface area contributed by atoms with Crippen LogP contribution in [-0.2, 0) is 0 Å². The molecule has 17 heavy (non-hydrogen) atoms. The van der Waals surface area contributed by atoms with E-state index in [1.165, 1.54) is 5.56 Å². The van der Waals surface area contributed by atoms with Gasteiger partial charge < -0.3 is 5.73 Å². The van der Waals surface area contributed by atoms with E-state index in [9.17, 15) is 0 Å². The molecule has 3 rings (SSSR count). The van der Waals surface area contributed by atoms with Gasteiger partial charge in [0.25, 0.3) is 0 Å². The van der Waals surface area contributed by atoms with Gasteiger partial charge in [0.15, 0.2) is 0 Å². The number of H-pyrrole nitrogens is 1. The van der Waals surface area contributed by atoms with E-state index in [2.05, 4.69) is 32.1 Å². The molecule has 0 unspecified atom stereocenters. The number of rotatable bonds is 2. The van der Waals surface area contributed by atoms with Gasteiger partial charge >= 0.3 is 0 Å². The van der Waals surface area contributed by atoms with Crippen LogP contribution in [0.15, 0.2) is 35.0 Å². The highest BCUT2D eigenvalue weighted by Crippen LogP contribution is 2.29. The van der Waals surface area contributed by atoms with Crippen LogP contribution in [0, 0.1) is 0 Å². The smallest absolute Gasteiger partial charge is 0.206 e.